The highest BCUT2D eigenvalue weighted by molar-refractivity contribution is 6.22. The first kappa shape index (κ1) is 21.8. The van der Waals surface area contributed by atoms with E-state index >= 15 is 0 Å². The van der Waals surface area contributed by atoms with Gasteiger partial charge < -0.3 is 20.1 Å². The molecule has 0 fully saturated rings. The van der Waals surface area contributed by atoms with E-state index in [1.165, 1.54) is 14.0 Å². The Morgan fingerprint density at radius 2 is 1.45 bits per heavy atom. The van der Waals surface area contributed by atoms with Crippen molar-refractivity contribution >= 4 is 23.6 Å². The van der Waals surface area contributed by atoms with Gasteiger partial charge in [0.2, 0.25) is 5.91 Å². The number of fused-ring (bicyclic) bond motifs is 1. The first-order valence-corrected chi connectivity index (χ1v) is 9.71. The van der Waals surface area contributed by atoms with E-state index in [0.29, 0.717) is 11.5 Å². The van der Waals surface area contributed by atoms with Crippen molar-refractivity contribution in [1.82, 2.24) is 15.5 Å². The number of hydrogen-bond acceptors (Lipinski definition) is 6. The van der Waals surface area contributed by atoms with Crippen molar-refractivity contribution in [1.29, 1.82) is 0 Å². The second kappa shape index (κ2) is 9.75. The maximum absolute atomic E-state index is 12.5. The first-order valence-electron chi connectivity index (χ1n) is 9.71. The lowest BCUT2D eigenvalue weighted by Crippen LogP contribution is -2.49. The van der Waals surface area contributed by atoms with Crippen LogP contribution in [-0.4, -0.2) is 61.4 Å². The van der Waals surface area contributed by atoms with Crippen molar-refractivity contribution in [3.05, 3.63) is 59.7 Å². The van der Waals surface area contributed by atoms with Gasteiger partial charge in [-0.25, -0.2) is 0 Å². The normalized spacial score (nSPS) is 13.4. The van der Waals surface area contributed by atoms with Gasteiger partial charge in [-0.1, -0.05) is 24.3 Å². The molecule has 0 aromatic heterocycles. The van der Waals surface area contributed by atoms with Crippen LogP contribution in [0.4, 0.5) is 0 Å². The van der Waals surface area contributed by atoms with Crippen molar-refractivity contribution in [3.63, 3.8) is 0 Å². The zero-order valence-corrected chi connectivity index (χ0v) is 17.2. The van der Waals surface area contributed by atoms with Gasteiger partial charge in [0.05, 0.1) is 18.2 Å². The highest BCUT2D eigenvalue weighted by Gasteiger charge is 2.40. The van der Waals surface area contributed by atoms with E-state index in [9.17, 15) is 19.2 Å². The second-order valence-corrected chi connectivity index (χ2v) is 6.78. The topological polar surface area (TPSA) is 114 Å². The number of carbonyl (C=O) groups is 4. The smallest absolute Gasteiger partial charge is 0.262 e. The van der Waals surface area contributed by atoms with E-state index in [2.05, 4.69) is 10.6 Å². The SMILES string of the molecule is COc1ccccc1OCC(=O)NCCNC(=O)C(C)N1C(=O)c2ccccc2C1=O. The fraction of sp³-hybridized carbons (Fsp3) is 0.273. The number of ether oxygens (including phenoxy) is 2. The lowest BCUT2D eigenvalue weighted by molar-refractivity contribution is -0.125. The molecule has 1 unspecified atom stereocenters. The zero-order valence-electron chi connectivity index (χ0n) is 17.2. The average molecular weight is 425 g/mol. The van der Waals surface area contributed by atoms with Gasteiger partial charge in [-0.05, 0) is 31.2 Å². The highest BCUT2D eigenvalue weighted by atomic mass is 16.5. The molecule has 0 saturated heterocycles. The summed E-state index contributed by atoms with van der Waals surface area (Å²) < 4.78 is 10.6. The van der Waals surface area contributed by atoms with E-state index < -0.39 is 23.8 Å². The third kappa shape index (κ3) is 4.82. The Hall–Kier alpha value is -3.88. The van der Waals surface area contributed by atoms with Crippen molar-refractivity contribution in [2.75, 3.05) is 26.8 Å². The quantitative estimate of drug-likeness (QED) is 0.458. The number of imide groups is 1. The molecule has 0 bridgehead atoms. The highest BCUT2D eigenvalue weighted by Crippen LogP contribution is 2.26. The standard InChI is InChI=1S/C22H23N3O6/c1-14(25-21(28)15-7-3-4-8-16(15)22(25)29)20(27)24-12-11-23-19(26)13-31-18-10-6-5-9-17(18)30-2/h3-10,14H,11-13H2,1-2H3,(H,23,26)(H,24,27). The molecule has 3 rings (SSSR count). The summed E-state index contributed by atoms with van der Waals surface area (Å²) in [5, 5.41) is 5.23. The van der Waals surface area contributed by atoms with Crippen LogP contribution in [0.3, 0.4) is 0 Å². The summed E-state index contributed by atoms with van der Waals surface area (Å²) in [6.45, 7) is 1.57. The molecule has 2 N–H and O–H groups in total. The van der Waals surface area contributed by atoms with Crippen molar-refractivity contribution < 1.29 is 28.7 Å². The summed E-state index contributed by atoms with van der Waals surface area (Å²) in [5.74, 6) is -0.884. The molecule has 1 heterocycles. The number of benzene rings is 2. The molecule has 1 aliphatic rings. The maximum atomic E-state index is 12.5. The van der Waals surface area contributed by atoms with Gasteiger partial charge in [-0.2, -0.15) is 0 Å². The minimum absolute atomic E-state index is 0.132. The van der Waals surface area contributed by atoms with E-state index in [1.807, 2.05) is 0 Å². The predicted molar refractivity (Wildman–Crippen MR) is 111 cm³/mol. The molecule has 31 heavy (non-hydrogen) atoms. The van der Waals surface area contributed by atoms with Gasteiger partial charge in [-0.3, -0.25) is 24.1 Å². The van der Waals surface area contributed by atoms with Crippen LogP contribution in [0.25, 0.3) is 0 Å². The van der Waals surface area contributed by atoms with Crippen molar-refractivity contribution in [2.45, 2.75) is 13.0 Å². The maximum Gasteiger partial charge on any atom is 0.262 e. The molecule has 1 aliphatic heterocycles. The van der Waals surface area contributed by atoms with Crippen molar-refractivity contribution in [3.8, 4) is 11.5 Å². The molecule has 162 valence electrons. The number of methoxy groups -OCH3 is 1. The summed E-state index contributed by atoms with van der Waals surface area (Å²) in [4.78, 5) is 50.2. The van der Waals surface area contributed by atoms with Gasteiger partial charge in [0.25, 0.3) is 17.7 Å². The minimum Gasteiger partial charge on any atom is -0.493 e. The Morgan fingerprint density at radius 1 is 0.903 bits per heavy atom. The third-order valence-electron chi connectivity index (χ3n) is 4.77. The fourth-order valence-corrected chi connectivity index (χ4v) is 3.14. The van der Waals surface area contributed by atoms with Crippen LogP contribution in [0, 0.1) is 0 Å². The van der Waals surface area contributed by atoms with E-state index in [1.54, 1.807) is 48.5 Å². The number of amides is 4. The molecule has 9 heteroatoms. The number of rotatable bonds is 9. The van der Waals surface area contributed by atoms with Crippen molar-refractivity contribution in [2.24, 2.45) is 0 Å². The molecular weight excluding hydrogens is 402 g/mol. The largest absolute Gasteiger partial charge is 0.493 e. The van der Waals surface area contributed by atoms with Crippen LogP contribution < -0.4 is 20.1 Å². The lowest BCUT2D eigenvalue weighted by atomic mass is 10.1. The number of nitrogens with zero attached hydrogens (tertiary/aromatic N) is 1. The van der Waals surface area contributed by atoms with Gasteiger partial charge in [0.1, 0.15) is 6.04 Å². The Bertz CT molecular complexity index is 971. The van der Waals surface area contributed by atoms with E-state index in [-0.39, 0.29) is 36.7 Å². The molecule has 0 spiro atoms. The molecule has 9 nitrogen and oxygen atoms in total. The molecule has 0 radical (unpaired) electrons. The molecule has 2 aromatic carbocycles. The van der Waals surface area contributed by atoms with Crippen LogP contribution >= 0.6 is 0 Å². The Kier molecular flexibility index (Phi) is 6.86. The molecular formula is C22H23N3O6. The van der Waals surface area contributed by atoms with Gasteiger partial charge in [0, 0.05) is 13.1 Å². The van der Waals surface area contributed by atoms with E-state index in [4.69, 9.17) is 9.47 Å². The average Bonchev–Trinajstić information content (AvgIpc) is 3.05. The summed E-state index contributed by atoms with van der Waals surface area (Å²) in [6, 6.07) is 12.4. The Labute approximate surface area is 179 Å². The van der Waals surface area contributed by atoms with Gasteiger partial charge in [0.15, 0.2) is 18.1 Å². The fourth-order valence-electron chi connectivity index (χ4n) is 3.14. The zero-order chi connectivity index (χ0) is 22.4. The molecule has 2 aromatic rings. The number of nitrogens with one attached hydrogen (secondary N) is 2. The number of hydrogen-bond donors (Lipinski definition) is 2. The minimum atomic E-state index is -0.975. The molecule has 0 aliphatic carbocycles. The Morgan fingerprint density at radius 3 is 2.06 bits per heavy atom. The van der Waals surface area contributed by atoms with E-state index in [0.717, 1.165) is 4.90 Å². The Balaban J connectivity index is 1.42. The molecule has 4 amide bonds. The number of carbonyl (C=O) groups excluding carboxylic acids is 4. The van der Waals surface area contributed by atoms with Gasteiger partial charge in [-0.15, -0.1) is 0 Å². The summed E-state index contributed by atoms with van der Waals surface area (Å²) >= 11 is 0. The van der Waals surface area contributed by atoms with Crippen LogP contribution in [0.5, 0.6) is 11.5 Å². The van der Waals surface area contributed by atoms with Crippen LogP contribution in [0.1, 0.15) is 27.6 Å². The summed E-state index contributed by atoms with van der Waals surface area (Å²) in [6.07, 6.45) is 0. The van der Waals surface area contributed by atoms with Crippen LogP contribution in [-0.2, 0) is 9.59 Å². The second-order valence-electron chi connectivity index (χ2n) is 6.78. The van der Waals surface area contributed by atoms with Crippen LogP contribution in [0.2, 0.25) is 0 Å². The predicted octanol–water partition coefficient (Wildman–Crippen LogP) is 0.991. The third-order valence-corrected chi connectivity index (χ3v) is 4.77. The summed E-state index contributed by atoms with van der Waals surface area (Å²) in [5.41, 5.74) is 0.573. The van der Waals surface area contributed by atoms with Gasteiger partial charge >= 0.3 is 0 Å². The number of para-hydroxylation sites is 2. The first-order chi connectivity index (χ1) is 14.9. The molecule has 0 saturated carbocycles. The monoisotopic (exact) mass is 425 g/mol. The summed E-state index contributed by atoms with van der Waals surface area (Å²) in [7, 11) is 1.51. The lowest BCUT2D eigenvalue weighted by Gasteiger charge is -2.21. The van der Waals surface area contributed by atoms with Crippen LogP contribution in [0.15, 0.2) is 48.5 Å². The molecule has 1 atom stereocenters.